The van der Waals surface area contributed by atoms with Crippen LogP contribution in [-0.4, -0.2) is 263 Å². The maximum atomic E-state index is 15.4. The van der Waals surface area contributed by atoms with Crippen LogP contribution < -0.4 is 26.6 Å². The van der Waals surface area contributed by atoms with E-state index in [0.717, 1.165) is 11.3 Å². The van der Waals surface area contributed by atoms with Crippen LogP contribution >= 0.6 is 11.6 Å². The van der Waals surface area contributed by atoms with Gasteiger partial charge in [-0.1, -0.05) is 113 Å². The van der Waals surface area contributed by atoms with Crippen molar-refractivity contribution in [3.8, 4) is 0 Å². The molecule has 1 aromatic rings. The topological polar surface area (TPSA) is 328 Å². The zero-order chi connectivity index (χ0) is 77.4. The quantitative estimate of drug-likeness (QED) is 0.105. The van der Waals surface area contributed by atoms with Gasteiger partial charge in [-0.15, -0.1) is 0 Å². The van der Waals surface area contributed by atoms with Crippen molar-refractivity contribution in [1.82, 2.24) is 65.8 Å². The average Bonchev–Trinajstić information content (AvgIpc) is 1.80. The minimum absolute atomic E-state index is 0.0261. The van der Waals surface area contributed by atoms with Crippen molar-refractivity contribution < 1.29 is 67.4 Å². The summed E-state index contributed by atoms with van der Waals surface area (Å²) in [5.74, 6) is -9.50. The molecule has 0 bridgehead atoms. The Kier molecular flexibility index (Phi) is 35.8. The highest BCUT2D eigenvalue weighted by Crippen LogP contribution is 2.26. The molecule has 3 fully saturated rings. The summed E-state index contributed by atoms with van der Waals surface area (Å²) in [5.41, 5.74) is 0.583. The van der Waals surface area contributed by atoms with Crippen molar-refractivity contribution >= 4 is 88.4 Å². The van der Waals surface area contributed by atoms with Gasteiger partial charge in [0, 0.05) is 79.9 Å². The Morgan fingerprint density at radius 3 is 1.77 bits per heavy atom. The molecule has 28 heteroatoms. The van der Waals surface area contributed by atoms with E-state index in [1.807, 2.05) is 69.2 Å². The molecule has 1 aromatic carbocycles. The SMILES string of the molecule is CCCC1NC(=O)C(C)N(C)C(=O)[C@@H](NC(=O)[C@H](CC(C)C)N(C)C(=O)C2CCCN2C(=O)CO)CCCCNC(=O)[C@H]([C@@H](C)CC)NC(=O)C(Cc2cccc(Cl)c2)N(C)C(=O)[C@H](CC(C)C)N(C)C(=O)C[C@@H](C(=O)N2CCCCC2)NC(=O)C(CC(C)C)N(C)C(=O)C(CC(C)C)N(C)C1=O. The third-order valence-corrected chi connectivity index (χ3v) is 20.7. The van der Waals surface area contributed by atoms with E-state index >= 15 is 33.6 Å². The molecule has 3 heterocycles. The Bertz CT molecular complexity index is 3070. The summed E-state index contributed by atoms with van der Waals surface area (Å²) in [5, 5.41) is 24.6. The molecular weight excluding hydrogens is 1340 g/mol. The van der Waals surface area contributed by atoms with Crippen molar-refractivity contribution in [2.75, 3.05) is 75.1 Å². The van der Waals surface area contributed by atoms with Crippen molar-refractivity contribution in [3.05, 3.63) is 34.9 Å². The number of rotatable bonds is 20. The number of carbonyl (C=O) groups excluding carboxylic acids is 13. The van der Waals surface area contributed by atoms with Gasteiger partial charge in [0.2, 0.25) is 76.8 Å². The molecule has 6 unspecified atom stereocenters. The molecule has 0 spiro atoms. The fourth-order valence-corrected chi connectivity index (χ4v) is 14.0. The summed E-state index contributed by atoms with van der Waals surface area (Å²) in [6, 6.07) is -6.69. The number of likely N-dealkylation sites (N-methyl/N-ethyl adjacent to an activating group) is 6. The molecule has 13 amide bonds. The van der Waals surface area contributed by atoms with Crippen molar-refractivity contribution in [1.29, 1.82) is 0 Å². The number of carbonyl (C=O) groups is 13. The summed E-state index contributed by atoms with van der Waals surface area (Å²) in [6.07, 6.45) is 4.19. The van der Waals surface area contributed by atoms with Crippen LogP contribution in [0.3, 0.4) is 0 Å². The van der Waals surface area contributed by atoms with Crippen LogP contribution in [0.4, 0.5) is 0 Å². The number of hydrogen-bond acceptors (Lipinski definition) is 14. The van der Waals surface area contributed by atoms with E-state index in [2.05, 4.69) is 26.6 Å². The Morgan fingerprint density at radius 2 is 1.20 bits per heavy atom. The van der Waals surface area contributed by atoms with Gasteiger partial charge in [-0.2, -0.15) is 0 Å². The third kappa shape index (κ3) is 25.1. The highest BCUT2D eigenvalue weighted by Gasteiger charge is 2.45. The number of nitrogens with one attached hydrogen (secondary N) is 5. The number of nitrogens with zero attached hydrogens (tertiary/aromatic N) is 8. The second kappa shape index (κ2) is 41.9. The smallest absolute Gasteiger partial charge is 0.248 e. The second-order valence-electron chi connectivity index (χ2n) is 30.5. The maximum Gasteiger partial charge on any atom is 0.248 e. The lowest BCUT2D eigenvalue weighted by molar-refractivity contribution is -0.151. The first kappa shape index (κ1) is 88.0. The van der Waals surface area contributed by atoms with Crippen LogP contribution in [-0.2, 0) is 68.7 Å². The van der Waals surface area contributed by atoms with E-state index in [0.29, 0.717) is 62.2 Å². The number of benzene rings is 1. The molecular formula is C75H124ClN13O14. The van der Waals surface area contributed by atoms with Gasteiger partial charge in [0.1, 0.15) is 73.1 Å². The lowest BCUT2D eigenvalue weighted by atomic mass is 9.96. The number of likely N-dealkylation sites (tertiary alicyclic amines) is 2. The second-order valence-corrected chi connectivity index (χ2v) is 30.9. The molecule has 0 aliphatic carbocycles. The Labute approximate surface area is 617 Å². The van der Waals surface area contributed by atoms with E-state index in [1.165, 1.54) is 78.6 Å². The molecule has 0 saturated carbocycles. The molecule has 103 heavy (non-hydrogen) atoms. The van der Waals surface area contributed by atoms with E-state index in [9.17, 15) is 33.9 Å². The number of aliphatic hydroxyl groups is 1. The summed E-state index contributed by atoms with van der Waals surface area (Å²) >= 11 is 6.51. The minimum atomic E-state index is -1.46. The van der Waals surface area contributed by atoms with Crippen LogP contribution in [0, 0.1) is 29.6 Å². The number of aliphatic hydroxyl groups excluding tert-OH is 1. The standard InChI is InChI=1S/C75H124ClN13O14/c1-19-28-53-71(99)87(18)61(40-48(9)10)75(103)85(16)58(38-46(5)6)67(95)80-55(72(100)88-34-24-21-25-35-88)43-62(91)83(14)60(39-47(7)8)74(102)86(17)59(42-51-29-26-30-52(76)41-51)68(96)81-64(49(11)20-2)69(97)77-33-23-22-31-54(70(98)82(13)50(12)65(93)78-53)79-66(94)57(37-45(3)4)84(15)73(101)56-32-27-36-89(56)63(92)44-90/h26,29-30,41,45-50,53-61,64,90H,19-25,27-28,31-40,42-44H2,1-18H3,(H,77,97)(H,78,93)(H,79,94)(H,80,95)(H,81,96)/t49-,50?,53?,54-,55-,56?,57-,58?,59?,60-,61?,64-/m0/s1. The molecule has 3 aliphatic rings. The number of halogens is 1. The Balaban J connectivity index is 1.92. The first-order chi connectivity index (χ1) is 48.4. The van der Waals surface area contributed by atoms with Gasteiger partial charge in [-0.25, -0.2) is 0 Å². The van der Waals surface area contributed by atoms with E-state index in [-0.39, 0.29) is 94.5 Å². The normalized spacial score (nSPS) is 25.3. The van der Waals surface area contributed by atoms with Gasteiger partial charge < -0.3 is 70.9 Å². The Hall–Kier alpha value is -7.42. The van der Waals surface area contributed by atoms with Gasteiger partial charge in [-0.3, -0.25) is 62.3 Å². The minimum Gasteiger partial charge on any atom is -0.387 e. The van der Waals surface area contributed by atoms with E-state index in [1.54, 1.807) is 36.1 Å². The van der Waals surface area contributed by atoms with Crippen LogP contribution in [0.5, 0.6) is 0 Å². The summed E-state index contributed by atoms with van der Waals surface area (Å²) in [6.45, 7) is 22.1. The first-order valence-electron chi connectivity index (χ1n) is 37.4. The average molecular weight is 1470 g/mol. The highest BCUT2D eigenvalue weighted by atomic mass is 35.5. The molecule has 0 radical (unpaired) electrons. The molecule has 12 atom stereocenters. The molecule has 3 aliphatic heterocycles. The van der Waals surface area contributed by atoms with Crippen molar-refractivity contribution in [3.63, 3.8) is 0 Å². The fourth-order valence-electron chi connectivity index (χ4n) is 13.8. The number of amides is 13. The lowest BCUT2D eigenvalue weighted by Crippen LogP contribution is -2.61. The van der Waals surface area contributed by atoms with Gasteiger partial charge in [0.25, 0.3) is 0 Å². The molecule has 3 saturated heterocycles. The summed E-state index contributed by atoms with van der Waals surface area (Å²) in [7, 11) is 8.64. The predicted molar refractivity (Wildman–Crippen MR) is 394 cm³/mol. The van der Waals surface area contributed by atoms with E-state index in [4.69, 9.17) is 11.6 Å². The third-order valence-electron chi connectivity index (χ3n) is 20.5. The van der Waals surface area contributed by atoms with Crippen molar-refractivity contribution in [2.45, 2.75) is 259 Å². The molecule has 0 aromatic heterocycles. The van der Waals surface area contributed by atoms with Crippen molar-refractivity contribution in [2.24, 2.45) is 29.6 Å². The predicted octanol–water partition coefficient (Wildman–Crippen LogP) is 4.52. The molecule has 4 rings (SSSR count). The van der Waals surface area contributed by atoms with Crippen LogP contribution in [0.15, 0.2) is 24.3 Å². The fraction of sp³-hybridized carbons (Fsp3) is 0.747. The van der Waals surface area contributed by atoms with Crippen LogP contribution in [0.1, 0.15) is 191 Å². The van der Waals surface area contributed by atoms with Gasteiger partial charge >= 0.3 is 0 Å². The molecule has 580 valence electrons. The lowest BCUT2D eigenvalue weighted by Gasteiger charge is -2.38. The Morgan fingerprint density at radius 1 is 0.631 bits per heavy atom. The monoisotopic (exact) mass is 1470 g/mol. The molecule has 27 nitrogen and oxygen atoms in total. The summed E-state index contributed by atoms with van der Waals surface area (Å²) < 4.78 is 0. The van der Waals surface area contributed by atoms with Crippen LogP contribution in [0.25, 0.3) is 0 Å². The number of piperidine rings is 1. The number of hydrogen-bond donors (Lipinski definition) is 6. The van der Waals surface area contributed by atoms with E-state index < -0.39 is 162 Å². The van der Waals surface area contributed by atoms with Gasteiger partial charge in [0.15, 0.2) is 0 Å². The largest absolute Gasteiger partial charge is 0.387 e. The van der Waals surface area contributed by atoms with Gasteiger partial charge in [0.05, 0.1) is 6.42 Å². The van der Waals surface area contributed by atoms with Crippen LogP contribution in [0.2, 0.25) is 5.02 Å². The highest BCUT2D eigenvalue weighted by molar-refractivity contribution is 6.30. The first-order valence-corrected chi connectivity index (χ1v) is 37.8. The maximum absolute atomic E-state index is 15.4. The zero-order valence-electron chi connectivity index (χ0n) is 64.8. The van der Waals surface area contributed by atoms with Gasteiger partial charge in [-0.05, 0) is 138 Å². The summed E-state index contributed by atoms with van der Waals surface area (Å²) in [4.78, 5) is 202. The zero-order valence-corrected chi connectivity index (χ0v) is 65.6. The molecule has 6 N–H and O–H groups in total.